The van der Waals surface area contributed by atoms with Crippen LogP contribution in [0.1, 0.15) is 48.9 Å². The second-order valence-corrected chi connectivity index (χ2v) is 10.3. The lowest BCUT2D eigenvalue weighted by Crippen LogP contribution is -2.60. The van der Waals surface area contributed by atoms with E-state index in [2.05, 4.69) is 16.0 Å². The number of hydrogen-bond donors (Lipinski definition) is 1. The number of pyridine rings is 1. The average Bonchev–Trinajstić information content (AvgIpc) is 2.87. The number of piperidine rings is 3. The van der Waals surface area contributed by atoms with Crippen LogP contribution in [0, 0.1) is 11.8 Å². The van der Waals surface area contributed by atoms with Gasteiger partial charge in [-0.3, -0.25) is 14.5 Å². The smallest absolute Gasteiger partial charge is 0.259 e. The van der Waals surface area contributed by atoms with E-state index in [9.17, 15) is 9.59 Å². The molecule has 7 heteroatoms. The molecule has 3 saturated heterocycles. The monoisotopic (exact) mass is 463 g/mol. The number of amides is 1. The molecule has 2 bridgehead atoms. The molecule has 0 saturated carbocycles. The van der Waals surface area contributed by atoms with Gasteiger partial charge >= 0.3 is 0 Å². The van der Waals surface area contributed by atoms with Crippen molar-refractivity contribution in [2.45, 2.75) is 50.6 Å². The molecule has 1 aromatic heterocycles. The molecule has 4 heterocycles. The first-order valence-corrected chi connectivity index (χ1v) is 12.6. The molecule has 180 valence electrons. The summed E-state index contributed by atoms with van der Waals surface area (Å²) in [7, 11) is 3.11. The third-order valence-electron chi connectivity index (χ3n) is 8.53. The molecular weight excluding hydrogens is 430 g/mol. The Hall–Kier alpha value is -2.80. The number of hydrogen-bond acceptors (Lipinski definition) is 5. The van der Waals surface area contributed by atoms with E-state index in [1.165, 1.54) is 31.4 Å². The van der Waals surface area contributed by atoms with Crippen molar-refractivity contribution in [3.05, 3.63) is 45.8 Å². The van der Waals surface area contributed by atoms with Gasteiger partial charge in [0.25, 0.3) is 5.91 Å². The lowest BCUT2D eigenvalue weighted by Gasteiger charge is -2.54. The first-order chi connectivity index (χ1) is 16.6. The molecule has 34 heavy (non-hydrogen) atoms. The van der Waals surface area contributed by atoms with E-state index in [1.807, 2.05) is 4.90 Å². The van der Waals surface area contributed by atoms with Gasteiger partial charge in [0.1, 0.15) is 5.56 Å². The Balaban J connectivity index is 1.36. The highest BCUT2D eigenvalue weighted by Crippen LogP contribution is 2.45. The first kappa shape index (κ1) is 21.7. The largest absolute Gasteiger partial charge is 0.493 e. The molecule has 4 atom stereocenters. The standard InChI is InChI=1S/C27H33N3O4/c1-33-23-12-19-21(13-24(23)34-2)28-14-20(26(19)31)27(32)30-9-5-6-16-10-17-11-18(25(16)30)15-29-8-4-3-7-22(17)29/h10,12-14,17-18,22,25H,3-9,11,15H2,1-2H3,(H,28,31)/t17-,18+,22-,25-/m1/s1. The number of benzene rings is 1. The van der Waals surface area contributed by atoms with Gasteiger partial charge in [-0.05, 0) is 56.6 Å². The molecule has 3 fully saturated rings. The van der Waals surface area contributed by atoms with E-state index in [0.717, 1.165) is 25.8 Å². The molecule has 1 aromatic carbocycles. The molecule has 3 aliphatic heterocycles. The van der Waals surface area contributed by atoms with Crippen LogP contribution in [0.2, 0.25) is 0 Å². The van der Waals surface area contributed by atoms with E-state index < -0.39 is 0 Å². The Morgan fingerprint density at radius 3 is 2.74 bits per heavy atom. The van der Waals surface area contributed by atoms with Crippen molar-refractivity contribution in [3.8, 4) is 11.5 Å². The van der Waals surface area contributed by atoms with Crippen LogP contribution in [0.5, 0.6) is 11.5 Å². The summed E-state index contributed by atoms with van der Waals surface area (Å²) in [5.74, 6) is 1.93. The predicted octanol–water partition coefficient (Wildman–Crippen LogP) is 3.58. The van der Waals surface area contributed by atoms with Crippen molar-refractivity contribution < 1.29 is 14.3 Å². The van der Waals surface area contributed by atoms with E-state index in [0.29, 0.717) is 46.8 Å². The van der Waals surface area contributed by atoms with Gasteiger partial charge in [0.15, 0.2) is 11.5 Å². The van der Waals surface area contributed by atoms with Crippen molar-refractivity contribution in [3.63, 3.8) is 0 Å². The molecule has 1 N–H and O–H groups in total. The van der Waals surface area contributed by atoms with Gasteiger partial charge in [-0.2, -0.15) is 0 Å². The highest BCUT2D eigenvalue weighted by Gasteiger charge is 2.47. The zero-order chi connectivity index (χ0) is 23.4. The third-order valence-corrected chi connectivity index (χ3v) is 8.53. The van der Waals surface area contributed by atoms with Crippen LogP contribution >= 0.6 is 0 Å². The molecular formula is C27H33N3O4. The number of nitrogens with one attached hydrogen (secondary N) is 1. The number of H-pyrrole nitrogens is 1. The topological polar surface area (TPSA) is 74.9 Å². The zero-order valence-electron chi connectivity index (χ0n) is 20.0. The van der Waals surface area contributed by atoms with Gasteiger partial charge in [-0.1, -0.05) is 18.1 Å². The van der Waals surface area contributed by atoms with E-state index in [4.69, 9.17) is 9.47 Å². The number of ether oxygens (including phenoxy) is 2. The Labute approximate surface area is 199 Å². The fourth-order valence-corrected chi connectivity index (χ4v) is 7.06. The van der Waals surface area contributed by atoms with E-state index in [-0.39, 0.29) is 22.9 Å². The minimum Gasteiger partial charge on any atom is -0.493 e. The van der Waals surface area contributed by atoms with Gasteiger partial charge in [0, 0.05) is 31.4 Å². The summed E-state index contributed by atoms with van der Waals surface area (Å²) >= 11 is 0. The van der Waals surface area contributed by atoms with Crippen molar-refractivity contribution >= 4 is 16.8 Å². The Morgan fingerprint density at radius 2 is 1.91 bits per heavy atom. The lowest BCUT2D eigenvalue weighted by atomic mass is 9.68. The number of nitrogens with zero attached hydrogens (tertiary/aromatic N) is 2. The quantitative estimate of drug-likeness (QED) is 0.705. The average molecular weight is 464 g/mol. The summed E-state index contributed by atoms with van der Waals surface area (Å²) in [6, 6.07) is 4.19. The number of rotatable bonds is 3. The number of methoxy groups -OCH3 is 2. The summed E-state index contributed by atoms with van der Waals surface area (Å²) in [5, 5.41) is 0.439. The molecule has 0 radical (unpaired) electrons. The van der Waals surface area contributed by atoms with Crippen LogP contribution in [-0.2, 0) is 0 Å². The van der Waals surface area contributed by atoms with Crippen LogP contribution in [-0.4, -0.2) is 66.6 Å². The first-order valence-electron chi connectivity index (χ1n) is 12.6. The maximum Gasteiger partial charge on any atom is 0.259 e. The van der Waals surface area contributed by atoms with E-state index >= 15 is 0 Å². The maximum absolute atomic E-state index is 13.8. The number of aromatic amines is 1. The van der Waals surface area contributed by atoms with Gasteiger partial charge in [-0.25, -0.2) is 0 Å². The highest BCUT2D eigenvalue weighted by molar-refractivity contribution is 5.98. The normalized spacial score (nSPS) is 28.6. The van der Waals surface area contributed by atoms with Crippen LogP contribution in [0.3, 0.4) is 0 Å². The summed E-state index contributed by atoms with van der Waals surface area (Å²) in [5.41, 5.74) is 2.00. The minimum atomic E-state index is -0.260. The van der Waals surface area contributed by atoms with E-state index in [1.54, 1.807) is 32.5 Å². The number of fused-ring (bicyclic) bond motifs is 7. The highest BCUT2D eigenvalue weighted by atomic mass is 16.5. The Kier molecular flexibility index (Phi) is 5.40. The van der Waals surface area contributed by atoms with Crippen LogP contribution in [0.15, 0.2) is 34.8 Å². The third kappa shape index (κ3) is 3.35. The molecule has 1 aliphatic carbocycles. The van der Waals surface area contributed by atoms with Gasteiger partial charge in [0.05, 0.1) is 31.2 Å². The number of carbonyl (C=O) groups is 1. The summed E-state index contributed by atoms with van der Waals surface area (Å²) < 4.78 is 10.7. The van der Waals surface area contributed by atoms with Gasteiger partial charge < -0.3 is 19.4 Å². The molecule has 4 aliphatic rings. The maximum atomic E-state index is 13.8. The molecule has 2 aromatic rings. The van der Waals surface area contributed by atoms with Crippen LogP contribution < -0.4 is 14.9 Å². The minimum absolute atomic E-state index is 0.112. The van der Waals surface area contributed by atoms with Crippen LogP contribution in [0.25, 0.3) is 10.9 Å². The predicted molar refractivity (Wildman–Crippen MR) is 131 cm³/mol. The SMILES string of the molecule is COc1cc2[nH]cc(C(=O)N3CCCC4=C[C@@H]5C[C@@H](CN6CCCC[C@H]56)[C@@H]43)c(=O)c2cc1OC. The lowest BCUT2D eigenvalue weighted by molar-refractivity contribution is 0.00143. The molecule has 7 nitrogen and oxygen atoms in total. The van der Waals surface area contributed by atoms with Crippen molar-refractivity contribution in [2.75, 3.05) is 33.9 Å². The summed E-state index contributed by atoms with van der Waals surface area (Å²) in [6.45, 7) is 2.95. The number of likely N-dealkylation sites (tertiary alicyclic amines) is 1. The fourth-order valence-electron chi connectivity index (χ4n) is 7.06. The van der Waals surface area contributed by atoms with Crippen molar-refractivity contribution in [1.82, 2.24) is 14.8 Å². The molecule has 6 rings (SSSR count). The second kappa shape index (κ2) is 8.45. The van der Waals surface area contributed by atoms with Gasteiger partial charge in [0.2, 0.25) is 5.43 Å². The number of aromatic nitrogens is 1. The van der Waals surface area contributed by atoms with Crippen molar-refractivity contribution in [2.24, 2.45) is 11.8 Å². The Morgan fingerprint density at radius 1 is 1.09 bits per heavy atom. The molecule has 0 spiro atoms. The summed E-state index contributed by atoms with van der Waals surface area (Å²) in [6.07, 6.45) is 11.2. The second-order valence-electron chi connectivity index (χ2n) is 10.3. The zero-order valence-corrected chi connectivity index (χ0v) is 20.0. The van der Waals surface area contributed by atoms with Crippen LogP contribution in [0.4, 0.5) is 0 Å². The molecule has 0 unspecified atom stereocenters. The fraction of sp³-hybridized carbons (Fsp3) is 0.556. The summed E-state index contributed by atoms with van der Waals surface area (Å²) in [4.78, 5) is 35.1. The Bertz CT molecular complexity index is 1220. The molecule has 1 amide bonds. The van der Waals surface area contributed by atoms with Crippen molar-refractivity contribution in [1.29, 1.82) is 0 Å². The van der Waals surface area contributed by atoms with Gasteiger partial charge in [-0.15, -0.1) is 0 Å². The number of carbonyl (C=O) groups excluding carboxylic acids is 1.